The van der Waals surface area contributed by atoms with Crippen LogP contribution in [0.2, 0.25) is 0 Å². The molecule has 1 fully saturated rings. The number of hydrogen-bond acceptors (Lipinski definition) is 8. The first-order chi connectivity index (χ1) is 12.2. The Hall–Kier alpha value is -2.81. The Bertz CT molecular complexity index is 860. The second kappa shape index (κ2) is 6.60. The van der Waals surface area contributed by atoms with Gasteiger partial charge in [-0.05, 0) is 31.9 Å². The van der Waals surface area contributed by atoms with E-state index in [1.165, 1.54) is 0 Å². The van der Waals surface area contributed by atoms with Gasteiger partial charge < -0.3 is 14.5 Å². The zero-order valence-corrected chi connectivity index (χ0v) is 13.9. The summed E-state index contributed by atoms with van der Waals surface area (Å²) >= 11 is 0. The van der Waals surface area contributed by atoms with Crippen molar-refractivity contribution in [3.63, 3.8) is 0 Å². The Labute approximate surface area is 144 Å². The summed E-state index contributed by atoms with van der Waals surface area (Å²) in [5.41, 5.74) is 1.36. The maximum absolute atomic E-state index is 9.85. The molecule has 0 spiro atoms. The van der Waals surface area contributed by atoms with Crippen LogP contribution in [0.15, 0.2) is 29.0 Å². The van der Waals surface area contributed by atoms with Crippen molar-refractivity contribution in [2.45, 2.75) is 32.4 Å². The van der Waals surface area contributed by atoms with Crippen LogP contribution in [-0.4, -0.2) is 54.4 Å². The van der Waals surface area contributed by atoms with Crippen molar-refractivity contribution in [1.29, 1.82) is 0 Å². The van der Waals surface area contributed by atoms with Crippen molar-refractivity contribution in [2.24, 2.45) is 0 Å². The summed E-state index contributed by atoms with van der Waals surface area (Å²) in [6.45, 7) is 4.11. The molecule has 0 aliphatic carbocycles. The van der Waals surface area contributed by atoms with Gasteiger partial charge in [0.1, 0.15) is 5.82 Å². The Balaban J connectivity index is 1.59. The highest BCUT2D eigenvalue weighted by molar-refractivity contribution is 5.61. The molecule has 3 aromatic rings. The van der Waals surface area contributed by atoms with Crippen LogP contribution in [0, 0.1) is 0 Å². The molecule has 1 atom stereocenters. The van der Waals surface area contributed by atoms with Crippen LogP contribution in [0.25, 0.3) is 23.0 Å². The van der Waals surface area contributed by atoms with E-state index < -0.39 is 0 Å². The van der Waals surface area contributed by atoms with E-state index in [9.17, 15) is 5.11 Å². The standard InChI is InChI=1S/C16H19N7O2/c1-2-23-18-9-13(20-23)16-19-15(21-25-16)11-5-6-17-14(8-11)22-7-3-4-12(24)10-22/h5-6,8-9,12,24H,2-4,7,10H2,1H3. The lowest BCUT2D eigenvalue weighted by Crippen LogP contribution is -2.38. The van der Waals surface area contributed by atoms with Crippen molar-refractivity contribution in [1.82, 2.24) is 30.1 Å². The van der Waals surface area contributed by atoms with Gasteiger partial charge in [-0.1, -0.05) is 5.16 Å². The maximum Gasteiger partial charge on any atom is 0.280 e. The zero-order valence-electron chi connectivity index (χ0n) is 13.9. The number of anilines is 1. The molecule has 1 saturated heterocycles. The van der Waals surface area contributed by atoms with Gasteiger partial charge in [-0.3, -0.25) is 0 Å². The van der Waals surface area contributed by atoms with Crippen molar-refractivity contribution in [3.05, 3.63) is 24.5 Å². The lowest BCUT2D eigenvalue weighted by molar-refractivity contribution is 0.154. The fourth-order valence-corrected chi connectivity index (χ4v) is 2.89. The van der Waals surface area contributed by atoms with Gasteiger partial charge in [0.25, 0.3) is 5.89 Å². The number of β-amino-alcohol motifs (C(OH)–C–C–N with tert-alkyl or cyclic N) is 1. The number of aromatic nitrogens is 6. The SMILES string of the molecule is CCn1ncc(-c2nc(-c3ccnc(N4CCCC(O)C4)c3)no2)n1. The predicted molar refractivity (Wildman–Crippen MR) is 89.7 cm³/mol. The van der Waals surface area contributed by atoms with E-state index in [2.05, 4.69) is 30.2 Å². The lowest BCUT2D eigenvalue weighted by Gasteiger charge is -2.31. The fourth-order valence-electron chi connectivity index (χ4n) is 2.89. The van der Waals surface area contributed by atoms with Gasteiger partial charge >= 0.3 is 0 Å². The number of rotatable bonds is 4. The van der Waals surface area contributed by atoms with Crippen LogP contribution in [0.4, 0.5) is 5.82 Å². The summed E-state index contributed by atoms with van der Waals surface area (Å²) in [6.07, 6.45) is 4.80. The first-order valence-corrected chi connectivity index (χ1v) is 8.36. The summed E-state index contributed by atoms with van der Waals surface area (Å²) in [5.74, 6) is 1.61. The van der Waals surface area contributed by atoms with Gasteiger partial charge in [0, 0.05) is 24.8 Å². The molecule has 9 nitrogen and oxygen atoms in total. The minimum Gasteiger partial charge on any atom is -0.391 e. The number of hydrogen-bond donors (Lipinski definition) is 1. The molecule has 0 amide bonds. The normalized spacial score (nSPS) is 17.8. The molecular weight excluding hydrogens is 322 g/mol. The van der Waals surface area contributed by atoms with E-state index in [-0.39, 0.29) is 6.10 Å². The van der Waals surface area contributed by atoms with Crippen LogP contribution >= 0.6 is 0 Å². The minimum atomic E-state index is -0.308. The Morgan fingerprint density at radius 3 is 3.12 bits per heavy atom. The molecule has 0 radical (unpaired) electrons. The molecule has 1 N–H and O–H groups in total. The number of aryl methyl sites for hydroxylation is 1. The van der Waals surface area contributed by atoms with E-state index in [4.69, 9.17) is 4.52 Å². The molecule has 25 heavy (non-hydrogen) atoms. The third kappa shape index (κ3) is 3.22. The number of piperidine rings is 1. The van der Waals surface area contributed by atoms with Crippen LogP contribution in [0.3, 0.4) is 0 Å². The molecule has 4 heterocycles. The molecule has 0 bridgehead atoms. The highest BCUT2D eigenvalue weighted by Crippen LogP contribution is 2.25. The molecule has 9 heteroatoms. The Morgan fingerprint density at radius 1 is 1.40 bits per heavy atom. The monoisotopic (exact) mass is 341 g/mol. The van der Waals surface area contributed by atoms with E-state index in [0.29, 0.717) is 30.5 Å². The highest BCUT2D eigenvalue weighted by Gasteiger charge is 2.20. The van der Waals surface area contributed by atoms with Crippen molar-refractivity contribution in [2.75, 3.05) is 18.0 Å². The number of aliphatic hydroxyl groups is 1. The van der Waals surface area contributed by atoms with Gasteiger partial charge in [-0.15, -0.1) is 5.10 Å². The van der Waals surface area contributed by atoms with Crippen LogP contribution in [0.1, 0.15) is 19.8 Å². The maximum atomic E-state index is 9.85. The quantitative estimate of drug-likeness (QED) is 0.758. The van der Waals surface area contributed by atoms with E-state index in [1.54, 1.807) is 17.2 Å². The summed E-state index contributed by atoms with van der Waals surface area (Å²) in [4.78, 5) is 12.5. The predicted octanol–water partition coefficient (Wildman–Crippen LogP) is 1.37. The zero-order chi connectivity index (χ0) is 17.2. The van der Waals surface area contributed by atoms with Gasteiger partial charge in [0.05, 0.1) is 18.8 Å². The number of pyridine rings is 1. The molecule has 130 valence electrons. The van der Waals surface area contributed by atoms with Crippen LogP contribution < -0.4 is 4.90 Å². The molecule has 3 aromatic heterocycles. The third-order valence-corrected chi connectivity index (χ3v) is 4.19. The van der Waals surface area contributed by atoms with Crippen molar-refractivity contribution in [3.8, 4) is 23.0 Å². The Kier molecular flexibility index (Phi) is 4.14. The summed E-state index contributed by atoms with van der Waals surface area (Å²) in [7, 11) is 0. The summed E-state index contributed by atoms with van der Waals surface area (Å²) in [5, 5.41) is 22.3. The van der Waals surface area contributed by atoms with E-state index in [1.807, 2.05) is 19.1 Å². The summed E-state index contributed by atoms with van der Waals surface area (Å²) < 4.78 is 5.31. The topological polar surface area (TPSA) is 106 Å². The van der Waals surface area contributed by atoms with Gasteiger partial charge in [0.2, 0.25) is 5.82 Å². The van der Waals surface area contributed by atoms with Crippen LogP contribution in [-0.2, 0) is 6.54 Å². The number of nitrogens with zero attached hydrogens (tertiary/aromatic N) is 7. The van der Waals surface area contributed by atoms with Gasteiger partial charge in [-0.25, -0.2) is 4.98 Å². The second-order valence-electron chi connectivity index (χ2n) is 5.99. The van der Waals surface area contributed by atoms with E-state index >= 15 is 0 Å². The van der Waals surface area contributed by atoms with Gasteiger partial charge in [0.15, 0.2) is 5.69 Å². The van der Waals surface area contributed by atoms with Crippen molar-refractivity contribution < 1.29 is 9.63 Å². The van der Waals surface area contributed by atoms with E-state index in [0.717, 1.165) is 30.8 Å². The minimum absolute atomic E-state index is 0.308. The molecule has 1 unspecified atom stereocenters. The smallest absolute Gasteiger partial charge is 0.280 e. The highest BCUT2D eigenvalue weighted by atomic mass is 16.5. The molecule has 0 saturated carbocycles. The second-order valence-corrected chi connectivity index (χ2v) is 5.99. The number of aliphatic hydroxyl groups excluding tert-OH is 1. The first-order valence-electron chi connectivity index (χ1n) is 8.36. The van der Waals surface area contributed by atoms with Gasteiger partial charge in [-0.2, -0.15) is 14.9 Å². The molecule has 4 rings (SSSR count). The molecule has 1 aliphatic rings. The first kappa shape index (κ1) is 15.7. The molecule has 0 aromatic carbocycles. The largest absolute Gasteiger partial charge is 0.391 e. The molecular formula is C16H19N7O2. The fraction of sp³-hybridized carbons (Fsp3) is 0.438. The lowest BCUT2D eigenvalue weighted by atomic mass is 10.1. The Morgan fingerprint density at radius 2 is 2.32 bits per heavy atom. The average molecular weight is 341 g/mol. The summed E-state index contributed by atoms with van der Waals surface area (Å²) in [6, 6.07) is 3.75. The van der Waals surface area contributed by atoms with Crippen LogP contribution in [0.5, 0.6) is 0 Å². The average Bonchev–Trinajstić information content (AvgIpc) is 3.31. The van der Waals surface area contributed by atoms with Crippen molar-refractivity contribution >= 4 is 5.82 Å². The third-order valence-electron chi connectivity index (χ3n) is 4.19. The molecule has 1 aliphatic heterocycles.